The lowest BCUT2D eigenvalue weighted by Crippen LogP contribution is -2.21. The van der Waals surface area contributed by atoms with Crippen LogP contribution in [-0.4, -0.2) is 34.7 Å². The van der Waals surface area contributed by atoms with Crippen LogP contribution in [0.4, 0.5) is 28.7 Å². The molecule has 0 saturated carbocycles. The number of anilines is 2. The van der Waals surface area contributed by atoms with Crippen molar-refractivity contribution in [2.24, 2.45) is 10.2 Å². The Morgan fingerprint density at radius 3 is 2.27 bits per heavy atom. The summed E-state index contributed by atoms with van der Waals surface area (Å²) in [6, 6.07) is 19.2. The number of aromatic nitrogens is 1. The fraction of sp³-hybridized carbons (Fsp3) is 0.188. The van der Waals surface area contributed by atoms with Crippen LogP contribution in [0, 0.1) is 13.5 Å². The topological polar surface area (TPSA) is 120 Å². The van der Waals surface area contributed by atoms with Crippen LogP contribution >= 0.6 is 0 Å². The van der Waals surface area contributed by atoms with Gasteiger partial charge in [-0.05, 0) is 43.0 Å². The summed E-state index contributed by atoms with van der Waals surface area (Å²) in [5.41, 5.74) is 3.04. The number of phenols is 1. The van der Waals surface area contributed by atoms with E-state index in [4.69, 9.17) is 11.6 Å². The zero-order valence-corrected chi connectivity index (χ0v) is 22.7. The second-order valence-corrected chi connectivity index (χ2v) is 9.59. The van der Waals surface area contributed by atoms with Gasteiger partial charge in [-0.25, -0.2) is 9.83 Å². The highest BCUT2D eigenvalue weighted by molar-refractivity contribution is 6.30. The third-order valence-corrected chi connectivity index (χ3v) is 6.87. The molecule has 1 aliphatic carbocycles. The average molecular weight is 545 g/mol. The molecule has 0 fully saturated rings. The molecular formula is C32H28N6O3. The number of pyridine rings is 1. The zero-order chi connectivity index (χ0) is 28.9. The van der Waals surface area contributed by atoms with E-state index in [1.54, 1.807) is 25.1 Å². The maximum atomic E-state index is 13.5. The van der Waals surface area contributed by atoms with E-state index < -0.39 is 11.6 Å². The molecule has 204 valence electrons. The number of aromatic hydroxyl groups is 1. The van der Waals surface area contributed by atoms with Crippen LogP contribution in [0.3, 0.4) is 0 Å². The number of nitrogens with zero attached hydrogens (tertiary/aromatic N) is 4. The van der Waals surface area contributed by atoms with Crippen LogP contribution in [0.2, 0.25) is 0 Å². The Morgan fingerprint density at radius 1 is 0.854 bits per heavy atom. The summed E-state index contributed by atoms with van der Waals surface area (Å²) >= 11 is 0. The SMILES string of the molecule is [C-]#[N+]c1c(NCCC)nc(NCCc2ccccc2)c(N=Nc2cccc3c2C(=O)c2cccc(O)c2C3=O)c1C. The highest BCUT2D eigenvalue weighted by atomic mass is 16.3. The predicted octanol–water partition coefficient (Wildman–Crippen LogP) is 7.31. The first-order valence-electron chi connectivity index (χ1n) is 13.3. The molecule has 0 unspecified atom stereocenters. The highest BCUT2D eigenvalue weighted by Gasteiger charge is 2.33. The monoisotopic (exact) mass is 544 g/mol. The minimum absolute atomic E-state index is 0.0131. The number of hydrogen-bond donors (Lipinski definition) is 3. The molecule has 4 aromatic rings. The van der Waals surface area contributed by atoms with Gasteiger partial charge in [0.05, 0.1) is 23.4 Å². The smallest absolute Gasteiger partial charge is 0.233 e. The van der Waals surface area contributed by atoms with Crippen molar-refractivity contribution < 1.29 is 14.7 Å². The molecule has 9 heteroatoms. The van der Waals surface area contributed by atoms with Crippen molar-refractivity contribution in [2.75, 3.05) is 23.7 Å². The third kappa shape index (κ3) is 5.28. The maximum absolute atomic E-state index is 13.5. The Hall–Kier alpha value is -5.36. The Morgan fingerprint density at radius 2 is 1.54 bits per heavy atom. The van der Waals surface area contributed by atoms with Gasteiger partial charge in [0.15, 0.2) is 17.4 Å². The number of ketones is 2. The summed E-state index contributed by atoms with van der Waals surface area (Å²) in [6.45, 7) is 12.8. The molecule has 41 heavy (non-hydrogen) atoms. The molecule has 1 heterocycles. The number of phenolic OH excluding ortho intramolecular Hbond substituents is 1. The number of carbonyl (C=O) groups is 2. The van der Waals surface area contributed by atoms with Crippen LogP contribution in [0.5, 0.6) is 5.75 Å². The number of rotatable bonds is 9. The van der Waals surface area contributed by atoms with Crippen LogP contribution < -0.4 is 10.6 Å². The first-order valence-corrected chi connectivity index (χ1v) is 13.3. The van der Waals surface area contributed by atoms with Gasteiger partial charge in [0.25, 0.3) is 0 Å². The van der Waals surface area contributed by atoms with Crippen molar-refractivity contribution in [1.29, 1.82) is 0 Å². The molecule has 0 spiro atoms. The lowest BCUT2D eigenvalue weighted by molar-refractivity contribution is 0.0977. The van der Waals surface area contributed by atoms with E-state index >= 15 is 0 Å². The lowest BCUT2D eigenvalue weighted by atomic mass is 9.83. The van der Waals surface area contributed by atoms with Crippen LogP contribution in [0.1, 0.15) is 56.3 Å². The molecule has 3 aromatic carbocycles. The summed E-state index contributed by atoms with van der Waals surface area (Å²) in [5, 5.41) is 25.7. The van der Waals surface area contributed by atoms with Gasteiger partial charge in [0, 0.05) is 24.2 Å². The maximum Gasteiger partial charge on any atom is 0.233 e. The first-order chi connectivity index (χ1) is 19.9. The van der Waals surface area contributed by atoms with Crippen molar-refractivity contribution in [1.82, 2.24) is 4.98 Å². The van der Waals surface area contributed by atoms with Gasteiger partial charge < -0.3 is 15.7 Å². The van der Waals surface area contributed by atoms with Crippen molar-refractivity contribution in [3.63, 3.8) is 0 Å². The summed E-state index contributed by atoms with van der Waals surface area (Å²) in [6.07, 6.45) is 1.61. The van der Waals surface area contributed by atoms with Gasteiger partial charge in [0.2, 0.25) is 5.69 Å². The summed E-state index contributed by atoms with van der Waals surface area (Å²) < 4.78 is 0. The molecule has 1 aliphatic rings. The van der Waals surface area contributed by atoms with Gasteiger partial charge in [-0.3, -0.25) is 9.59 Å². The Kier molecular flexibility index (Phi) is 7.83. The number of fused-ring (bicyclic) bond motifs is 2. The van der Waals surface area contributed by atoms with E-state index in [1.165, 1.54) is 18.2 Å². The number of benzene rings is 3. The Balaban J connectivity index is 1.55. The quantitative estimate of drug-likeness (QED) is 0.132. The number of nitrogens with one attached hydrogen (secondary N) is 2. The van der Waals surface area contributed by atoms with Crippen LogP contribution in [0.25, 0.3) is 4.85 Å². The Bertz CT molecular complexity index is 1720. The second kappa shape index (κ2) is 11.8. The third-order valence-electron chi connectivity index (χ3n) is 6.87. The molecule has 3 N–H and O–H groups in total. The van der Waals surface area contributed by atoms with Gasteiger partial charge in [-0.1, -0.05) is 61.5 Å². The molecule has 0 radical (unpaired) electrons. The van der Waals surface area contributed by atoms with E-state index in [2.05, 4.69) is 25.7 Å². The minimum Gasteiger partial charge on any atom is -0.507 e. The lowest BCUT2D eigenvalue weighted by Gasteiger charge is -2.19. The largest absolute Gasteiger partial charge is 0.507 e. The summed E-state index contributed by atoms with van der Waals surface area (Å²) in [4.78, 5) is 35.1. The number of azo groups is 1. The van der Waals surface area contributed by atoms with E-state index in [1.807, 2.05) is 37.3 Å². The van der Waals surface area contributed by atoms with E-state index in [0.29, 0.717) is 41.7 Å². The standard InChI is InChI=1S/C32H28N6O3/c1-4-17-34-31-27(33-3)19(2)28(32(36-31)35-18-16-20-10-6-5-7-11-20)38-37-23-14-8-12-21-25(23)29(40)22-13-9-15-24(39)26(22)30(21)41/h5-15,39H,4,16-18H2,1-2H3,(H2,34,35,36). The molecule has 5 rings (SSSR count). The molecule has 9 nitrogen and oxygen atoms in total. The van der Waals surface area contributed by atoms with Gasteiger partial charge in [0.1, 0.15) is 17.3 Å². The molecular weight excluding hydrogens is 516 g/mol. The van der Waals surface area contributed by atoms with Crippen molar-refractivity contribution in [3.8, 4) is 5.75 Å². The van der Waals surface area contributed by atoms with Crippen LogP contribution in [-0.2, 0) is 6.42 Å². The fourth-order valence-electron chi connectivity index (χ4n) is 4.80. The predicted molar refractivity (Wildman–Crippen MR) is 158 cm³/mol. The summed E-state index contributed by atoms with van der Waals surface area (Å²) in [5.74, 6) is -0.190. The average Bonchev–Trinajstić information content (AvgIpc) is 2.98. The number of hydrogen-bond acceptors (Lipinski definition) is 8. The molecule has 0 amide bonds. The van der Waals surface area contributed by atoms with Gasteiger partial charge >= 0.3 is 0 Å². The molecule has 0 bridgehead atoms. The molecule has 1 aromatic heterocycles. The molecule has 0 atom stereocenters. The van der Waals surface area contributed by atoms with Crippen molar-refractivity contribution >= 4 is 40.3 Å². The highest BCUT2D eigenvalue weighted by Crippen LogP contribution is 2.41. The minimum atomic E-state index is -0.451. The van der Waals surface area contributed by atoms with Crippen LogP contribution in [0.15, 0.2) is 77.0 Å². The second-order valence-electron chi connectivity index (χ2n) is 9.59. The van der Waals surface area contributed by atoms with E-state index in [-0.39, 0.29) is 33.7 Å². The van der Waals surface area contributed by atoms with E-state index in [0.717, 1.165) is 18.4 Å². The van der Waals surface area contributed by atoms with Gasteiger partial charge in [-0.2, -0.15) is 0 Å². The zero-order valence-electron chi connectivity index (χ0n) is 22.7. The summed E-state index contributed by atoms with van der Waals surface area (Å²) in [7, 11) is 0. The van der Waals surface area contributed by atoms with Crippen molar-refractivity contribution in [2.45, 2.75) is 26.7 Å². The Labute approximate surface area is 237 Å². The van der Waals surface area contributed by atoms with Crippen molar-refractivity contribution in [3.05, 3.63) is 112 Å². The number of carbonyl (C=O) groups excluding carboxylic acids is 2. The van der Waals surface area contributed by atoms with Gasteiger partial charge in [-0.15, -0.1) is 10.2 Å². The van der Waals surface area contributed by atoms with E-state index in [9.17, 15) is 14.7 Å². The molecule has 0 saturated heterocycles. The fourth-order valence-corrected chi connectivity index (χ4v) is 4.80. The molecule has 0 aliphatic heterocycles. The first kappa shape index (κ1) is 27.2. The normalized spacial score (nSPS) is 12.1.